The second-order valence-corrected chi connectivity index (χ2v) is 6.73. The number of halogens is 2. The molecular weight excluding hydrogens is 445 g/mol. The SMILES string of the molecule is CNC(=O)c1ncn(-c2ccc(NC(=O)c3ccc(F)cc3Br)cc2)c1C(N)=O. The number of nitrogens with one attached hydrogen (secondary N) is 2. The molecule has 0 aliphatic carbocycles. The van der Waals surface area contributed by atoms with Crippen LogP contribution in [0.3, 0.4) is 0 Å². The summed E-state index contributed by atoms with van der Waals surface area (Å²) in [6, 6.07) is 10.2. The van der Waals surface area contributed by atoms with E-state index in [9.17, 15) is 18.8 Å². The van der Waals surface area contributed by atoms with Gasteiger partial charge in [0.1, 0.15) is 17.8 Å². The minimum atomic E-state index is -0.806. The fraction of sp³-hybridized carbons (Fsp3) is 0.0526. The van der Waals surface area contributed by atoms with Gasteiger partial charge in [-0.25, -0.2) is 9.37 Å². The highest BCUT2D eigenvalue weighted by atomic mass is 79.9. The molecular formula is C19H15BrFN5O3. The number of amides is 3. The van der Waals surface area contributed by atoms with E-state index >= 15 is 0 Å². The summed E-state index contributed by atoms with van der Waals surface area (Å²) in [6.45, 7) is 0. The van der Waals surface area contributed by atoms with Crippen molar-refractivity contribution in [2.75, 3.05) is 12.4 Å². The smallest absolute Gasteiger partial charge is 0.272 e. The average Bonchev–Trinajstić information content (AvgIpc) is 3.13. The molecule has 0 unspecified atom stereocenters. The summed E-state index contributed by atoms with van der Waals surface area (Å²) in [7, 11) is 1.42. The standard InChI is InChI=1S/C19H15BrFN5O3/c1-23-19(29)15-16(17(22)27)26(9-24-15)12-5-3-11(4-6-12)25-18(28)13-7-2-10(21)8-14(13)20/h2-9H,1H3,(H2,22,27)(H,23,29)(H,25,28). The van der Waals surface area contributed by atoms with E-state index < -0.39 is 23.5 Å². The van der Waals surface area contributed by atoms with Crippen molar-refractivity contribution in [3.63, 3.8) is 0 Å². The van der Waals surface area contributed by atoms with Gasteiger partial charge in [0.25, 0.3) is 17.7 Å². The fourth-order valence-electron chi connectivity index (χ4n) is 2.64. The molecule has 3 aromatic rings. The number of carbonyl (C=O) groups excluding carboxylic acids is 3. The summed E-state index contributed by atoms with van der Waals surface area (Å²) < 4.78 is 14.9. The molecule has 0 bridgehead atoms. The maximum atomic E-state index is 13.2. The Morgan fingerprint density at radius 3 is 2.38 bits per heavy atom. The third kappa shape index (κ3) is 4.16. The Balaban J connectivity index is 1.86. The largest absolute Gasteiger partial charge is 0.364 e. The number of nitrogens with two attached hydrogens (primary N) is 1. The van der Waals surface area contributed by atoms with E-state index in [-0.39, 0.29) is 17.0 Å². The van der Waals surface area contributed by atoms with Crippen molar-refractivity contribution in [2.24, 2.45) is 5.73 Å². The highest BCUT2D eigenvalue weighted by molar-refractivity contribution is 9.10. The van der Waals surface area contributed by atoms with Gasteiger partial charge in [-0.3, -0.25) is 19.0 Å². The van der Waals surface area contributed by atoms with Crippen LogP contribution in [0.2, 0.25) is 0 Å². The number of primary amides is 1. The third-order valence-corrected chi connectivity index (χ3v) is 4.68. The molecule has 0 saturated heterocycles. The van der Waals surface area contributed by atoms with Crippen LogP contribution < -0.4 is 16.4 Å². The highest BCUT2D eigenvalue weighted by Gasteiger charge is 2.22. The normalized spacial score (nSPS) is 10.4. The Kier molecular flexibility index (Phi) is 5.74. The molecule has 0 fully saturated rings. The van der Waals surface area contributed by atoms with Gasteiger partial charge in [-0.15, -0.1) is 0 Å². The quantitative estimate of drug-likeness (QED) is 0.542. The van der Waals surface area contributed by atoms with E-state index in [1.54, 1.807) is 24.3 Å². The third-order valence-electron chi connectivity index (χ3n) is 4.02. The number of imidazole rings is 1. The van der Waals surface area contributed by atoms with E-state index in [2.05, 4.69) is 31.5 Å². The lowest BCUT2D eigenvalue weighted by atomic mass is 10.2. The van der Waals surface area contributed by atoms with Gasteiger partial charge in [0.05, 0.1) is 5.56 Å². The molecule has 0 radical (unpaired) electrons. The molecule has 2 aromatic carbocycles. The molecule has 29 heavy (non-hydrogen) atoms. The number of hydrogen-bond donors (Lipinski definition) is 3. The average molecular weight is 460 g/mol. The molecule has 8 nitrogen and oxygen atoms in total. The maximum absolute atomic E-state index is 13.2. The zero-order valence-corrected chi connectivity index (χ0v) is 16.7. The Labute approximate surface area is 173 Å². The number of hydrogen-bond acceptors (Lipinski definition) is 4. The summed E-state index contributed by atoms with van der Waals surface area (Å²) in [5.74, 6) is -2.22. The van der Waals surface area contributed by atoms with E-state index in [1.807, 2.05) is 0 Å². The Hall–Kier alpha value is -3.53. The lowest BCUT2D eigenvalue weighted by molar-refractivity contribution is 0.0937. The van der Waals surface area contributed by atoms with Crippen LogP contribution >= 0.6 is 15.9 Å². The Morgan fingerprint density at radius 1 is 1.10 bits per heavy atom. The minimum Gasteiger partial charge on any atom is -0.364 e. The zero-order chi connectivity index (χ0) is 21.1. The summed E-state index contributed by atoms with van der Waals surface area (Å²) in [4.78, 5) is 40.0. The van der Waals surface area contributed by atoms with Crippen molar-refractivity contribution in [1.29, 1.82) is 0 Å². The first-order valence-electron chi connectivity index (χ1n) is 8.28. The van der Waals surface area contributed by atoms with E-state index in [0.717, 1.165) is 0 Å². The van der Waals surface area contributed by atoms with Gasteiger partial charge in [0.15, 0.2) is 5.69 Å². The molecule has 4 N–H and O–H groups in total. The van der Waals surface area contributed by atoms with Crippen LogP contribution in [0, 0.1) is 5.82 Å². The molecule has 0 aliphatic rings. The first-order valence-corrected chi connectivity index (χ1v) is 9.07. The van der Waals surface area contributed by atoms with Gasteiger partial charge in [0.2, 0.25) is 0 Å². The number of aromatic nitrogens is 2. The first kappa shape index (κ1) is 20.2. The van der Waals surface area contributed by atoms with Gasteiger partial charge in [-0.2, -0.15) is 0 Å². The lowest BCUT2D eigenvalue weighted by Crippen LogP contribution is -2.25. The van der Waals surface area contributed by atoms with Crippen LogP contribution in [0.4, 0.5) is 10.1 Å². The van der Waals surface area contributed by atoms with Crippen LogP contribution in [0.1, 0.15) is 31.3 Å². The fourth-order valence-corrected chi connectivity index (χ4v) is 3.17. The molecule has 1 heterocycles. The summed E-state index contributed by atoms with van der Waals surface area (Å²) in [5.41, 5.74) is 6.53. The number of benzene rings is 2. The van der Waals surface area contributed by atoms with Crippen molar-refractivity contribution in [3.05, 3.63) is 76.0 Å². The highest BCUT2D eigenvalue weighted by Crippen LogP contribution is 2.21. The maximum Gasteiger partial charge on any atom is 0.272 e. The topological polar surface area (TPSA) is 119 Å². The van der Waals surface area contributed by atoms with E-state index in [1.165, 1.54) is 36.1 Å². The lowest BCUT2D eigenvalue weighted by Gasteiger charge is -2.10. The number of nitrogens with zero attached hydrogens (tertiary/aromatic N) is 2. The van der Waals surface area contributed by atoms with Crippen molar-refractivity contribution >= 4 is 39.3 Å². The van der Waals surface area contributed by atoms with Gasteiger partial charge < -0.3 is 16.4 Å². The summed E-state index contributed by atoms with van der Waals surface area (Å²) in [5, 5.41) is 5.09. The molecule has 0 saturated carbocycles. The number of anilines is 1. The first-order chi connectivity index (χ1) is 13.8. The second-order valence-electron chi connectivity index (χ2n) is 5.88. The van der Waals surface area contributed by atoms with Crippen LogP contribution in [0.5, 0.6) is 0 Å². The van der Waals surface area contributed by atoms with Gasteiger partial charge in [-0.05, 0) is 58.4 Å². The van der Waals surface area contributed by atoms with E-state index in [4.69, 9.17) is 5.73 Å². The molecule has 3 rings (SSSR count). The van der Waals surface area contributed by atoms with Crippen LogP contribution in [-0.4, -0.2) is 34.3 Å². The van der Waals surface area contributed by atoms with Crippen LogP contribution in [0.15, 0.2) is 53.3 Å². The van der Waals surface area contributed by atoms with Crippen molar-refractivity contribution in [3.8, 4) is 5.69 Å². The molecule has 1 aromatic heterocycles. The molecule has 0 aliphatic heterocycles. The molecule has 3 amide bonds. The zero-order valence-electron chi connectivity index (χ0n) is 15.1. The Bertz CT molecular complexity index is 1110. The summed E-state index contributed by atoms with van der Waals surface area (Å²) in [6.07, 6.45) is 1.31. The molecule has 0 atom stereocenters. The predicted octanol–water partition coefficient (Wildman–Crippen LogP) is 2.48. The second kappa shape index (κ2) is 8.23. The number of carbonyl (C=O) groups is 3. The molecule has 148 valence electrons. The summed E-state index contributed by atoms with van der Waals surface area (Å²) >= 11 is 3.16. The van der Waals surface area contributed by atoms with E-state index in [0.29, 0.717) is 15.8 Å². The van der Waals surface area contributed by atoms with Gasteiger partial charge in [-0.1, -0.05) is 0 Å². The molecule has 10 heteroatoms. The van der Waals surface area contributed by atoms with Crippen molar-refractivity contribution in [2.45, 2.75) is 0 Å². The van der Waals surface area contributed by atoms with Crippen LogP contribution in [-0.2, 0) is 0 Å². The van der Waals surface area contributed by atoms with Crippen LogP contribution in [0.25, 0.3) is 5.69 Å². The number of rotatable bonds is 5. The van der Waals surface area contributed by atoms with Gasteiger partial charge in [0, 0.05) is 22.9 Å². The predicted molar refractivity (Wildman–Crippen MR) is 108 cm³/mol. The Morgan fingerprint density at radius 2 is 1.79 bits per heavy atom. The molecule has 0 spiro atoms. The van der Waals surface area contributed by atoms with Crippen molar-refractivity contribution in [1.82, 2.24) is 14.9 Å². The monoisotopic (exact) mass is 459 g/mol. The van der Waals surface area contributed by atoms with Crippen molar-refractivity contribution < 1.29 is 18.8 Å². The van der Waals surface area contributed by atoms with Gasteiger partial charge >= 0.3 is 0 Å². The minimum absolute atomic E-state index is 0.0589.